The maximum Gasteiger partial charge on any atom is 0.323 e. The largest absolute Gasteiger partial charge is 0.454 e. The van der Waals surface area contributed by atoms with E-state index in [-0.39, 0.29) is 5.97 Å². The molecule has 0 aliphatic carbocycles. The molecule has 0 spiro atoms. The third-order valence-corrected chi connectivity index (χ3v) is 2.85. The highest BCUT2D eigenvalue weighted by Crippen LogP contribution is 2.25. The van der Waals surface area contributed by atoms with Crippen molar-refractivity contribution in [2.75, 3.05) is 0 Å². The second-order valence-corrected chi connectivity index (χ2v) is 5.53. The van der Waals surface area contributed by atoms with E-state index in [0.717, 1.165) is 5.56 Å². The molecular formula is C15H23NO2. The van der Waals surface area contributed by atoms with Crippen LogP contribution in [0.1, 0.15) is 39.7 Å². The zero-order valence-electron chi connectivity index (χ0n) is 11.6. The highest BCUT2D eigenvalue weighted by molar-refractivity contribution is 5.76. The molecule has 3 nitrogen and oxygen atoms in total. The summed E-state index contributed by atoms with van der Waals surface area (Å²) >= 11 is 0. The van der Waals surface area contributed by atoms with E-state index < -0.39 is 11.6 Å². The fraction of sp³-hybridized carbons (Fsp3) is 0.533. The molecule has 0 bridgehead atoms. The van der Waals surface area contributed by atoms with Gasteiger partial charge in [-0.2, -0.15) is 0 Å². The van der Waals surface area contributed by atoms with Gasteiger partial charge in [-0.1, -0.05) is 44.2 Å². The summed E-state index contributed by atoms with van der Waals surface area (Å²) in [6, 6.07) is 9.14. The predicted molar refractivity (Wildman–Crippen MR) is 73.0 cm³/mol. The van der Waals surface area contributed by atoms with E-state index in [0.29, 0.717) is 12.3 Å². The molecule has 0 radical (unpaired) electrons. The molecule has 2 N–H and O–H groups in total. The lowest BCUT2D eigenvalue weighted by Crippen LogP contribution is -2.38. The highest BCUT2D eigenvalue weighted by atomic mass is 16.6. The quantitative estimate of drug-likeness (QED) is 0.816. The Labute approximate surface area is 109 Å². The van der Waals surface area contributed by atoms with Crippen molar-refractivity contribution in [3.05, 3.63) is 35.9 Å². The van der Waals surface area contributed by atoms with Gasteiger partial charge < -0.3 is 10.5 Å². The van der Waals surface area contributed by atoms with Crippen molar-refractivity contribution in [2.45, 2.75) is 45.8 Å². The first-order valence-corrected chi connectivity index (χ1v) is 6.37. The summed E-state index contributed by atoms with van der Waals surface area (Å²) < 4.78 is 5.52. The maximum atomic E-state index is 11.9. The van der Waals surface area contributed by atoms with E-state index in [2.05, 4.69) is 0 Å². The van der Waals surface area contributed by atoms with Crippen LogP contribution in [0.25, 0.3) is 0 Å². The van der Waals surface area contributed by atoms with Crippen molar-refractivity contribution in [1.82, 2.24) is 0 Å². The van der Waals surface area contributed by atoms with Crippen molar-refractivity contribution < 1.29 is 9.53 Å². The number of hydrogen-bond donors (Lipinski definition) is 1. The van der Waals surface area contributed by atoms with E-state index in [1.165, 1.54) is 0 Å². The molecule has 0 fully saturated rings. The first-order valence-electron chi connectivity index (χ1n) is 6.37. The van der Waals surface area contributed by atoms with Gasteiger partial charge in [-0.05, 0) is 31.7 Å². The number of ether oxygens (including phenoxy) is 1. The fourth-order valence-electron chi connectivity index (χ4n) is 1.83. The van der Waals surface area contributed by atoms with E-state index in [1.807, 2.05) is 58.0 Å². The summed E-state index contributed by atoms with van der Waals surface area (Å²) in [7, 11) is 0. The van der Waals surface area contributed by atoms with Crippen LogP contribution in [0.15, 0.2) is 30.3 Å². The normalized spacial score (nSPS) is 13.4. The second kappa shape index (κ2) is 6.01. The number of hydrogen-bond acceptors (Lipinski definition) is 3. The molecule has 0 saturated carbocycles. The van der Waals surface area contributed by atoms with Gasteiger partial charge in [0.2, 0.25) is 0 Å². The van der Waals surface area contributed by atoms with Crippen molar-refractivity contribution in [1.29, 1.82) is 0 Å². The van der Waals surface area contributed by atoms with Gasteiger partial charge in [0.1, 0.15) is 11.6 Å². The van der Waals surface area contributed by atoms with E-state index in [9.17, 15) is 4.79 Å². The van der Waals surface area contributed by atoms with E-state index in [4.69, 9.17) is 10.5 Å². The minimum absolute atomic E-state index is 0.336. The first kappa shape index (κ1) is 14.7. The number of esters is 1. The lowest BCUT2D eigenvalue weighted by atomic mass is 9.97. The predicted octanol–water partition coefficient (Wildman–Crippen LogP) is 2.84. The van der Waals surface area contributed by atoms with Crippen molar-refractivity contribution in [2.24, 2.45) is 11.7 Å². The third-order valence-electron chi connectivity index (χ3n) is 2.85. The van der Waals surface area contributed by atoms with Crippen LogP contribution in [-0.2, 0) is 15.1 Å². The summed E-state index contributed by atoms with van der Waals surface area (Å²) in [5.74, 6) is 0.0462. The Morgan fingerprint density at radius 3 is 2.33 bits per heavy atom. The number of carbonyl (C=O) groups excluding carboxylic acids is 1. The van der Waals surface area contributed by atoms with Crippen LogP contribution in [0.5, 0.6) is 0 Å². The van der Waals surface area contributed by atoms with Crippen LogP contribution >= 0.6 is 0 Å². The first-order chi connectivity index (χ1) is 8.33. The zero-order chi connectivity index (χ0) is 13.8. The van der Waals surface area contributed by atoms with Gasteiger partial charge in [-0.25, -0.2) is 0 Å². The van der Waals surface area contributed by atoms with Gasteiger partial charge >= 0.3 is 5.97 Å². The van der Waals surface area contributed by atoms with Gasteiger partial charge in [0.15, 0.2) is 0 Å². The second-order valence-electron chi connectivity index (χ2n) is 5.53. The summed E-state index contributed by atoms with van der Waals surface area (Å²) in [6.45, 7) is 7.83. The topological polar surface area (TPSA) is 52.3 Å². The number of carbonyl (C=O) groups is 1. The summed E-state index contributed by atoms with van der Waals surface area (Å²) in [5, 5.41) is 0. The van der Waals surface area contributed by atoms with Gasteiger partial charge in [0.25, 0.3) is 0 Å². The van der Waals surface area contributed by atoms with Gasteiger partial charge in [0, 0.05) is 0 Å². The Kier molecular flexibility index (Phi) is 4.91. The summed E-state index contributed by atoms with van der Waals surface area (Å²) in [5.41, 5.74) is 6.15. The molecular weight excluding hydrogens is 226 g/mol. The number of rotatable bonds is 5. The zero-order valence-corrected chi connectivity index (χ0v) is 11.6. The summed E-state index contributed by atoms with van der Waals surface area (Å²) in [6.07, 6.45) is 0.643. The lowest BCUT2D eigenvalue weighted by Gasteiger charge is -2.27. The van der Waals surface area contributed by atoms with Gasteiger partial charge in [0.05, 0.1) is 0 Å². The lowest BCUT2D eigenvalue weighted by molar-refractivity contribution is -0.159. The molecule has 0 unspecified atom stereocenters. The molecule has 0 amide bonds. The molecule has 1 aromatic carbocycles. The highest BCUT2D eigenvalue weighted by Gasteiger charge is 2.28. The van der Waals surface area contributed by atoms with Crippen LogP contribution in [0.3, 0.4) is 0 Å². The number of benzene rings is 1. The van der Waals surface area contributed by atoms with Crippen LogP contribution in [0, 0.1) is 5.92 Å². The van der Waals surface area contributed by atoms with Gasteiger partial charge in [-0.15, -0.1) is 0 Å². The average Bonchev–Trinajstić information content (AvgIpc) is 2.28. The van der Waals surface area contributed by atoms with E-state index in [1.54, 1.807) is 0 Å². The Bertz CT molecular complexity index is 385. The summed E-state index contributed by atoms with van der Waals surface area (Å²) in [4.78, 5) is 11.9. The van der Waals surface area contributed by atoms with Crippen LogP contribution in [-0.4, -0.2) is 12.0 Å². The van der Waals surface area contributed by atoms with Crippen LogP contribution < -0.4 is 5.73 Å². The molecule has 0 heterocycles. The molecule has 0 aromatic heterocycles. The minimum Gasteiger partial charge on any atom is -0.454 e. The fourth-order valence-corrected chi connectivity index (χ4v) is 1.83. The molecule has 18 heavy (non-hydrogen) atoms. The Balaban J connectivity index is 2.69. The molecule has 0 aliphatic rings. The van der Waals surface area contributed by atoms with Crippen molar-refractivity contribution in [3.63, 3.8) is 0 Å². The Hall–Kier alpha value is -1.35. The molecule has 1 atom stereocenters. The van der Waals surface area contributed by atoms with Crippen LogP contribution in [0.4, 0.5) is 0 Å². The molecule has 1 aromatic rings. The molecule has 100 valence electrons. The van der Waals surface area contributed by atoms with Crippen LogP contribution in [0.2, 0.25) is 0 Å². The third kappa shape index (κ3) is 4.15. The average molecular weight is 249 g/mol. The van der Waals surface area contributed by atoms with E-state index >= 15 is 0 Å². The monoisotopic (exact) mass is 249 g/mol. The SMILES string of the molecule is CC(C)C[C@@H](N)C(=O)OC(C)(C)c1ccccc1. The molecule has 1 rings (SSSR count). The maximum absolute atomic E-state index is 11.9. The Morgan fingerprint density at radius 1 is 1.28 bits per heavy atom. The minimum atomic E-state index is -0.646. The molecule has 3 heteroatoms. The Morgan fingerprint density at radius 2 is 1.83 bits per heavy atom. The standard InChI is InChI=1S/C15H23NO2/c1-11(2)10-13(16)14(17)18-15(3,4)12-8-6-5-7-9-12/h5-9,11,13H,10,16H2,1-4H3/t13-/m1/s1. The van der Waals surface area contributed by atoms with Crippen molar-refractivity contribution in [3.8, 4) is 0 Å². The molecule has 0 aliphatic heterocycles. The van der Waals surface area contributed by atoms with Crippen molar-refractivity contribution >= 4 is 5.97 Å². The van der Waals surface area contributed by atoms with Gasteiger partial charge in [-0.3, -0.25) is 4.79 Å². The molecule has 0 saturated heterocycles. The smallest absolute Gasteiger partial charge is 0.323 e. The number of nitrogens with two attached hydrogens (primary N) is 1.